The molecule has 0 radical (unpaired) electrons. The first-order chi connectivity index (χ1) is 9.84. The standard InChI is InChI=1S/C15H21N3O3.ClH/c1-15(2)7-11-9(12(19)8-15)6-10(14(21)18-11)13(20)17-5-3-4-16;/h6H,3-5,7-8,16H2,1-2H3,(H,17,20)(H,18,21);1H. The second-order valence-electron chi connectivity index (χ2n) is 6.24. The minimum atomic E-state index is -0.467. The summed E-state index contributed by atoms with van der Waals surface area (Å²) in [6, 6.07) is 1.42. The number of nitrogens with one attached hydrogen (secondary N) is 2. The smallest absolute Gasteiger partial charge is 0.261 e. The number of nitrogens with two attached hydrogens (primary N) is 1. The number of pyridine rings is 1. The molecule has 0 saturated carbocycles. The number of hydrogen-bond acceptors (Lipinski definition) is 4. The Labute approximate surface area is 135 Å². The largest absolute Gasteiger partial charge is 0.352 e. The van der Waals surface area contributed by atoms with Gasteiger partial charge in [-0.1, -0.05) is 13.8 Å². The number of ketones is 1. The Morgan fingerprint density at radius 3 is 2.68 bits per heavy atom. The third-order valence-electron chi connectivity index (χ3n) is 3.63. The molecule has 22 heavy (non-hydrogen) atoms. The van der Waals surface area contributed by atoms with Gasteiger partial charge in [0.1, 0.15) is 5.56 Å². The number of fused-ring (bicyclic) bond motifs is 1. The normalized spacial score (nSPS) is 15.7. The molecule has 7 heteroatoms. The lowest BCUT2D eigenvalue weighted by Crippen LogP contribution is -2.35. The second-order valence-corrected chi connectivity index (χ2v) is 6.24. The topological polar surface area (TPSA) is 105 Å². The maximum absolute atomic E-state index is 12.2. The van der Waals surface area contributed by atoms with E-state index in [0.29, 0.717) is 43.6 Å². The Hall–Kier alpha value is -1.66. The Bertz CT molecular complexity index is 637. The first-order valence-corrected chi connectivity index (χ1v) is 7.12. The first kappa shape index (κ1) is 18.4. The fraction of sp³-hybridized carbons (Fsp3) is 0.533. The van der Waals surface area contributed by atoms with Gasteiger partial charge in [0, 0.05) is 24.2 Å². The van der Waals surface area contributed by atoms with Crippen molar-refractivity contribution in [3.05, 3.63) is 33.2 Å². The molecule has 1 aromatic rings. The van der Waals surface area contributed by atoms with E-state index in [0.717, 1.165) is 0 Å². The molecule has 0 aromatic carbocycles. The zero-order valence-corrected chi connectivity index (χ0v) is 13.6. The van der Waals surface area contributed by atoms with Crippen molar-refractivity contribution in [2.75, 3.05) is 13.1 Å². The number of H-pyrrole nitrogens is 1. The number of amides is 1. The van der Waals surface area contributed by atoms with E-state index in [1.54, 1.807) is 0 Å². The molecule has 0 unspecified atom stereocenters. The highest BCUT2D eigenvalue weighted by Gasteiger charge is 2.32. The molecule has 0 atom stereocenters. The predicted octanol–water partition coefficient (Wildman–Crippen LogP) is 1.03. The van der Waals surface area contributed by atoms with Gasteiger partial charge in [0.05, 0.1) is 0 Å². The number of hydrogen-bond donors (Lipinski definition) is 3. The van der Waals surface area contributed by atoms with Crippen LogP contribution >= 0.6 is 12.4 Å². The number of aromatic amines is 1. The zero-order chi connectivity index (χ0) is 15.6. The third kappa shape index (κ3) is 3.96. The zero-order valence-electron chi connectivity index (χ0n) is 12.8. The highest BCUT2D eigenvalue weighted by atomic mass is 35.5. The van der Waals surface area contributed by atoms with E-state index in [-0.39, 0.29) is 29.2 Å². The van der Waals surface area contributed by atoms with Gasteiger partial charge in [-0.25, -0.2) is 0 Å². The Morgan fingerprint density at radius 2 is 2.05 bits per heavy atom. The number of aromatic nitrogens is 1. The monoisotopic (exact) mass is 327 g/mol. The van der Waals surface area contributed by atoms with E-state index in [9.17, 15) is 14.4 Å². The van der Waals surface area contributed by atoms with Crippen LogP contribution < -0.4 is 16.6 Å². The first-order valence-electron chi connectivity index (χ1n) is 7.12. The van der Waals surface area contributed by atoms with Crippen molar-refractivity contribution >= 4 is 24.1 Å². The van der Waals surface area contributed by atoms with E-state index in [2.05, 4.69) is 10.3 Å². The SMILES string of the molecule is CC1(C)CC(=O)c2cc(C(=O)NCCCN)c(=O)[nH]c2C1.Cl. The van der Waals surface area contributed by atoms with E-state index in [1.807, 2.05) is 13.8 Å². The lowest BCUT2D eigenvalue weighted by molar-refractivity contribution is 0.0910. The summed E-state index contributed by atoms with van der Waals surface area (Å²) in [6.45, 7) is 4.85. The number of Topliss-reactive ketones (excluding diaryl/α,β-unsaturated/α-hetero) is 1. The third-order valence-corrected chi connectivity index (χ3v) is 3.63. The summed E-state index contributed by atoms with van der Waals surface area (Å²) < 4.78 is 0. The summed E-state index contributed by atoms with van der Waals surface area (Å²) in [5, 5.41) is 2.63. The summed E-state index contributed by atoms with van der Waals surface area (Å²) in [5.41, 5.74) is 5.80. The Morgan fingerprint density at radius 1 is 1.36 bits per heavy atom. The Kier molecular flexibility index (Phi) is 5.91. The fourth-order valence-electron chi connectivity index (χ4n) is 2.60. The van der Waals surface area contributed by atoms with E-state index in [1.165, 1.54) is 6.07 Å². The molecule has 2 rings (SSSR count). The van der Waals surface area contributed by atoms with Crippen LogP contribution in [0.2, 0.25) is 0 Å². The van der Waals surface area contributed by atoms with Gasteiger partial charge in [-0.3, -0.25) is 14.4 Å². The molecule has 0 spiro atoms. The molecule has 0 aliphatic heterocycles. The summed E-state index contributed by atoms with van der Waals surface area (Å²) in [4.78, 5) is 38.9. The van der Waals surface area contributed by atoms with Gasteiger partial charge in [-0.15, -0.1) is 12.4 Å². The van der Waals surface area contributed by atoms with Crippen LogP contribution in [-0.2, 0) is 6.42 Å². The molecule has 122 valence electrons. The quantitative estimate of drug-likeness (QED) is 0.718. The molecular formula is C15H22ClN3O3. The van der Waals surface area contributed by atoms with Crippen molar-refractivity contribution in [3.63, 3.8) is 0 Å². The van der Waals surface area contributed by atoms with Crippen LogP contribution in [0, 0.1) is 5.41 Å². The van der Waals surface area contributed by atoms with Gasteiger partial charge >= 0.3 is 0 Å². The van der Waals surface area contributed by atoms with E-state index in [4.69, 9.17) is 5.73 Å². The van der Waals surface area contributed by atoms with Crippen LogP contribution in [0.3, 0.4) is 0 Å². The molecule has 1 amide bonds. The van der Waals surface area contributed by atoms with Gasteiger partial charge in [0.25, 0.3) is 11.5 Å². The van der Waals surface area contributed by atoms with Crippen LogP contribution in [0.4, 0.5) is 0 Å². The molecule has 0 bridgehead atoms. The van der Waals surface area contributed by atoms with Crippen molar-refractivity contribution in [3.8, 4) is 0 Å². The summed E-state index contributed by atoms with van der Waals surface area (Å²) >= 11 is 0. The van der Waals surface area contributed by atoms with Crippen molar-refractivity contribution in [1.29, 1.82) is 0 Å². The predicted molar refractivity (Wildman–Crippen MR) is 86.7 cm³/mol. The highest BCUT2D eigenvalue weighted by Crippen LogP contribution is 2.33. The van der Waals surface area contributed by atoms with Crippen molar-refractivity contribution in [2.45, 2.75) is 33.1 Å². The van der Waals surface area contributed by atoms with Gasteiger partial charge in [0.2, 0.25) is 0 Å². The van der Waals surface area contributed by atoms with Crippen LogP contribution in [-0.4, -0.2) is 29.8 Å². The second kappa shape index (κ2) is 7.07. The van der Waals surface area contributed by atoms with Crippen molar-refractivity contribution < 1.29 is 9.59 Å². The van der Waals surface area contributed by atoms with Crippen LogP contribution in [0.15, 0.2) is 10.9 Å². The number of carbonyl (C=O) groups excluding carboxylic acids is 2. The summed E-state index contributed by atoms with van der Waals surface area (Å²) in [5.74, 6) is -0.501. The number of rotatable bonds is 4. The molecule has 1 aliphatic rings. The van der Waals surface area contributed by atoms with Crippen molar-refractivity contribution in [1.82, 2.24) is 10.3 Å². The summed E-state index contributed by atoms with van der Waals surface area (Å²) in [6.07, 6.45) is 1.68. The molecule has 6 nitrogen and oxygen atoms in total. The lowest BCUT2D eigenvalue weighted by atomic mass is 9.75. The van der Waals surface area contributed by atoms with Crippen LogP contribution in [0.5, 0.6) is 0 Å². The maximum atomic E-state index is 12.2. The molecular weight excluding hydrogens is 306 g/mol. The lowest BCUT2D eigenvalue weighted by Gasteiger charge is -2.29. The average Bonchev–Trinajstić information content (AvgIpc) is 2.36. The Balaban J connectivity index is 0.00000242. The van der Waals surface area contributed by atoms with E-state index < -0.39 is 11.5 Å². The average molecular weight is 328 g/mol. The minimum absolute atomic E-state index is 0. The van der Waals surface area contributed by atoms with E-state index >= 15 is 0 Å². The molecule has 0 saturated heterocycles. The maximum Gasteiger partial charge on any atom is 0.261 e. The van der Waals surface area contributed by atoms with Crippen LogP contribution in [0.1, 0.15) is 53.1 Å². The number of halogens is 1. The molecule has 0 fully saturated rings. The van der Waals surface area contributed by atoms with Crippen LogP contribution in [0.25, 0.3) is 0 Å². The van der Waals surface area contributed by atoms with Gasteiger partial charge in [-0.05, 0) is 30.9 Å². The summed E-state index contributed by atoms with van der Waals surface area (Å²) in [7, 11) is 0. The molecule has 1 aliphatic carbocycles. The number of carbonyl (C=O) groups is 2. The van der Waals surface area contributed by atoms with Gasteiger partial charge in [-0.2, -0.15) is 0 Å². The molecule has 1 aromatic heterocycles. The molecule has 4 N–H and O–H groups in total. The van der Waals surface area contributed by atoms with Gasteiger partial charge < -0.3 is 16.0 Å². The molecule has 1 heterocycles. The van der Waals surface area contributed by atoms with Gasteiger partial charge in [0.15, 0.2) is 5.78 Å². The highest BCUT2D eigenvalue weighted by molar-refractivity contribution is 6.02. The minimum Gasteiger partial charge on any atom is -0.352 e. The van der Waals surface area contributed by atoms with Crippen molar-refractivity contribution in [2.24, 2.45) is 11.1 Å². The fourth-order valence-corrected chi connectivity index (χ4v) is 2.60.